The first-order valence-electron chi connectivity index (χ1n) is 15.4. The summed E-state index contributed by atoms with van der Waals surface area (Å²) in [5, 5.41) is 11.1. The molecule has 3 aliphatic rings. The molecule has 0 aromatic heterocycles. The molecule has 1 saturated carbocycles. The Morgan fingerprint density at radius 2 is 1.95 bits per heavy atom. The number of aryl methyl sites for hydroxylation is 1. The maximum absolute atomic E-state index is 13.5. The molecule has 228 valence electrons. The average molecular weight is 615 g/mol. The third-order valence-corrected chi connectivity index (χ3v) is 11.5. The third kappa shape index (κ3) is 6.98. The first kappa shape index (κ1) is 30.9. The maximum Gasteiger partial charge on any atom is 0.264 e. The molecule has 0 saturated heterocycles. The number of allylic oxidation sites excluding steroid dienone is 1. The minimum absolute atomic E-state index is 0.139. The fourth-order valence-electron chi connectivity index (χ4n) is 6.65. The molecule has 2 heterocycles. The highest BCUT2D eigenvalue weighted by atomic mass is 35.5. The Labute approximate surface area is 255 Å². The van der Waals surface area contributed by atoms with Gasteiger partial charge in [-0.25, -0.2) is 13.1 Å². The number of aliphatic hydroxyl groups is 1. The van der Waals surface area contributed by atoms with Crippen molar-refractivity contribution < 1.29 is 23.1 Å². The van der Waals surface area contributed by atoms with Crippen molar-refractivity contribution in [3.05, 3.63) is 70.3 Å². The Balaban J connectivity index is 1.54. The van der Waals surface area contributed by atoms with Gasteiger partial charge < -0.3 is 14.7 Å². The van der Waals surface area contributed by atoms with Gasteiger partial charge in [-0.1, -0.05) is 50.1 Å². The van der Waals surface area contributed by atoms with Crippen LogP contribution in [0.1, 0.15) is 80.3 Å². The number of anilines is 1. The number of aliphatic hydroxyl groups excluding tert-OH is 1. The van der Waals surface area contributed by atoms with Gasteiger partial charge in [0.2, 0.25) is 10.0 Å². The van der Waals surface area contributed by atoms with E-state index in [0.717, 1.165) is 56.4 Å². The van der Waals surface area contributed by atoms with Crippen molar-refractivity contribution in [2.45, 2.75) is 83.2 Å². The highest BCUT2D eigenvalue weighted by molar-refractivity contribution is 7.90. The van der Waals surface area contributed by atoms with Crippen LogP contribution in [0.4, 0.5) is 5.69 Å². The molecule has 7 nitrogen and oxygen atoms in total. The number of benzene rings is 2. The molecular formula is C33H43ClN2O5S. The highest BCUT2D eigenvalue weighted by Crippen LogP contribution is 2.41. The van der Waals surface area contributed by atoms with E-state index in [9.17, 15) is 18.3 Å². The number of carbonyl (C=O) groups is 1. The number of ether oxygens (including phenoxy) is 1. The Morgan fingerprint density at radius 1 is 1.12 bits per heavy atom. The van der Waals surface area contributed by atoms with Gasteiger partial charge in [-0.05, 0) is 104 Å². The van der Waals surface area contributed by atoms with Crippen molar-refractivity contribution in [2.75, 3.05) is 18.0 Å². The zero-order valence-corrected chi connectivity index (χ0v) is 26.2. The van der Waals surface area contributed by atoms with E-state index in [-0.39, 0.29) is 17.4 Å². The second-order valence-electron chi connectivity index (χ2n) is 12.2. The number of amides is 1. The van der Waals surface area contributed by atoms with Crippen LogP contribution in [0, 0.1) is 17.8 Å². The van der Waals surface area contributed by atoms with E-state index in [1.807, 2.05) is 44.2 Å². The predicted molar refractivity (Wildman–Crippen MR) is 168 cm³/mol. The van der Waals surface area contributed by atoms with Crippen molar-refractivity contribution in [3.63, 3.8) is 0 Å². The Bertz CT molecular complexity index is 1410. The summed E-state index contributed by atoms with van der Waals surface area (Å²) in [6.07, 6.45) is 9.60. The summed E-state index contributed by atoms with van der Waals surface area (Å²) < 4.78 is 35.7. The first-order valence-corrected chi connectivity index (χ1v) is 17.3. The van der Waals surface area contributed by atoms with E-state index in [1.165, 1.54) is 5.56 Å². The third-order valence-electron chi connectivity index (χ3n) is 9.29. The van der Waals surface area contributed by atoms with Gasteiger partial charge in [0, 0.05) is 23.7 Å². The SMILES string of the molecule is CCC[C@@H]1[C@@H](C)C/C=C/[C@H](O)[C@@H]2CC[C@H]2CN2CCCCc3cc(Cl)ccc3COc3ccc(cc32)C(=O)NS1(=O)=O. The number of fused-ring (bicyclic) bond motifs is 3. The van der Waals surface area contributed by atoms with E-state index in [0.29, 0.717) is 42.6 Å². The van der Waals surface area contributed by atoms with Gasteiger partial charge in [0.1, 0.15) is 12.4 Å². The maximum atomic E-state index is 13.5. The van der Waals surface area contributed by atoms with Crippen molar-refractivity contribution >= 4 is 33.2 Å². The van der Waals surface area contributed by atoms with Gasteiger partial charge in [0.15, 0.2) is 0 Å². The van der Waals surface area contributed by atoms with Crippen molar-refractivity contribution in [3.8, 4) is 5.75 Å². The molecular weight excluding hydrogens is 572 g/mol. The summed E-state index contributed by atoms with van der Waals surface area (Å²) in [7, 11) is -3.93. The molecule has 1 fully saturated rings. The van der Waals surface area contributed by atoms with E-state index in [1.54, 1.807) is 18.2 Å². The monoisotopic (exact) mass is 614 g/mol. The first-order chi connectivity index (χ1) is 20.2. The number of hydrogen-bond donors (Lipinski definition) is 2. The van der Waals surface area contributed by atoms with Crippen LogP contribution < -0.4 is 14.4 Å². The number of carbonyl (C=O) groups excluding carboxylic acids is 1. The molecule has 1 amide bonds. The van der Waals surface area contributed by atoms with Crippen molar-refractivity contribution in [1.29, 1.82) is 0 Å². The average Bonchev–Trinajstić information content (AvgIpc) is 2.96. The molecule has 2 N–H and O–H groups in total. The number of nitrogens with one attached hydrogen (secondary N) is 1. The van der Waals surface area contributed by atoms with Crippen LogP contribution in [0.2, 0.25) is 5.02 Å². The second kappa shape index (κ2) is 13.4. The molecule has 5 atom stereocenters. The fourth-order valence-corrected chi connectivity index (χ4v) is 8.65. The predicted octanol–water partition coefficient (Wildman–Crippen LogP) is 6.27. The Morgan fingerprint density at radius 3 is 2.71 bits per heavy atom. The summed E-state index contributed by atoms with van der Waals surface area (Å²) in [5.41, 5.74) is 3.31. The second-order valence-corrected chi connectivity index (χ2v) is 14.6. The summed E-state index contributed by atoms with van der Waals surface area (Å²) in [6.45, 7) is 5.68. The van der Waals surface area contributed by atoms with Crippen LogP contribution >= 0.6 is 11.6 Å². The summed E-state index contributed by atoms with van der Waals surface area (Å²) in [4.78, 5) is 15.7. The Hall–Kier alpha value is -2.55. The largest absolute Gasteiger partial charge is 0.487 e. The molecule has 2 aromatic carbocycles. The van der Waals surface area contributed by atoms with Crippen LogP contribution in [0.5, 0.6) is 5.75 Å². The van der Waals surface area contributed by atoms with Crippen LogP contribution in [0.25, 0.3) is 0 Å². The quantitative estimate of drug-likeness (QED) is 0.387. The number of rotatable bonds is 2. The Kier molecular flexibility index (Phi) is 9.85. The van der Waals surface area contributed by atoms with E-state index in [2.05, 4.69) is 9.62 Å². The van der Waals surface area contributed by atoms with E-state index < -0.39 is 27.3 Å². The van der Waals surface area contributed by atoms with Crippen LogP contribution in [0.3, 0.4) is 0 Å². The molecule has 2 aliphatic heterocycles. The fraction of sp³-hybridized carbons (Fsp3) is 0.545. The molecule has 0 spiro atoms. The molecule has 2 aromatic rings. The molecule has 0 unspecified atom stereocenters. The highest BCUT2D eigenvalue weighted by Gasteiger charge is 2.37. The van der Waals surface area contributed by atoms with Gasteiger partial charge in [-0.3, -0.25) is 4.79 Å². The number of hydrogen-bond acceptors (Lipinski definition) is 6. The lowest BCUT2D eigenvalue weighted by Gasteiger charge is -2.42. The summed E-state index contributed by atoms with van der Waals surface area (Å²) in [6, 6.07) is 11.1. The summed E-state index contributed by atoms with van der Waals surface area (Å²) >= 11 is 6.31. The zero-order chi connectivity index (χ0) is 29.9. The van der Waals surface area contributed by atoms with Gasteiger partial charge in [0.25, 0.3) is 5.91 Å². The topological polar surface area (TPSA) is 95.9 Å². The lowest BCUT2D eigenvalue weighted by atomic mass is 9.70. The molecule has 0 radical (unpaired) electrons. The van der Waals surface area contributed by atoms with E-state index >= 15 is 0 Å². The van der Waals surface area contributed by atoms with Gasteiger partial charge in [-0.15, -0.1) is 0 Å². The lowest BCUT2D eigenvalue weighted by molar-refractivity contribution is 0.0461. The number of sulfonamides is 1. The smallest absolute Gasteiger partial charge is 0.264 e. The normalized spacial score (nSPS) is 29.0. The minimum atomic E-state index is -3.93. The molecule has 2 bridgehead atoms. The lowest BCUT2D eigenvalue weighted by Crippen LogP contribution is -2.43. The van der Waals surface area contributed by atoms with Crippen LogP contribution in [0.15, 0.2) is 48.6 Å². The van der Waals surface area contributed by atoms with Crippen LogP contribution in [-0.2, 0) is 23.1 Å². The molecule has 5 rings (SSSR count). The molecule has 1 aliphatic carbocycles. The zero-order valence-electron chi connectivity index (χ0n) is 24.6. The number of nitrogens with zero attached hydrogens (tertiary/aromatic N) is 1. The van der Waals surface area contributed by atoms with Crippen molar-refractivity contribution in [2.24, 2.45) is 17.8 Å². The van der Waals surface area contributed by atoms with Gasteiger partial charge >= 0.3 is 0 Å². The summed E-state index contributed by atoms with van der Waals surface area (Å²) in [5.74, 6) is 0.250. The van der Waals surface area contributed by atoms with Crippen molar-refractivity contribution in [1.82, 2.24) is 4.72 Å². The van der Waals surface area contributed by atoms with Gasteiger partial charge in [-0.2, -0.15) is 0 Å². The molecule has 42 heavy (non-hydrogen) atoms. The van der Waals surface area contributed by atoms with Gasteiger partial charge in [0.05, 0.1) is 17.0 Å². The van der Waals surface area contributed by atoms with E-state index in [4.69, 9.17) is 16.3 Å². The minimum Gasteiger partial charge on any atom is -0.487 e. The number of halogens is 1. The standard InChI is InChI=1S/C33H43ClN2O5S/c1-3-7-32-22(2)8-6-10-30(37)28-15-12-25(28)20-36-17-5-4-9-23-18-27(34)14-11-26(23)21-41-31-16-13-24(19-29(31)36)33(38)35-42(32,39)40/h6,10-11,13-14,16,18-19,22,25,28,30,32,37H,3-5,7-9,12,15,17,20-21H2,1-2H3,(H,35,38)/b10-6+/t22-,25-,28+,30-,32+/m0/s1. The van der Waals surface area contributed by atoms with Crippen LogP contribution in [-0.4, -0.2) is 43.9 Å². The molecule has 9 heteroatoms.